The summed E-state index contributed by atoms with van der Waals surface area (Å²) in [4.78, 5) is 26.1. The summed E-state index contributed by atoms with van der Waals surface area (Å²) in [5, 5.41) is 0. The van der Waals surface area contributed by atoms with Crippen molar-refractivity contribution in [3.8, 4) is 5.75 Å². The van der Waals surface area contributed by atoms with E-state index in [2.05, 4.69) is 0 Å². The molecule has 160 valence electrons. The van der Waals surface area contributed by atoms with E-state index in [1.807, 2.05) is 0 Å². The molecule has 6 nitrogen and oxygen atoms in total. The Labute approximate surface area is 171 Å². The monoisotopic (exact) mass is 422 g/mol. The molecule has 2 heterocycles. The molecule has 3 rings (SSSR count). The highest BCUT2D eigenvalue weighted by molar-refractivity contribution is 5.83. The molecule has 0 saturated heterocycles. The lowest BCUT2D eigenvalue weighted by atomic mass is 9.89. The van der Waals surface area contributed by atoms with Gasteiger partial charge in [0.15, 0.2) is 0 Å². The number of carbonyl (C=O) groups excluding carboxylic acids is 1. The fourth-order valence-electron chi connectivity index (χ4n) is 3.74. The normalized spacial score (nSPS) is 15.3. The van der Waals surface area contributed by atoms with Gasteiger partial charge in [-0.1, -0.05) is 6.07 Å². The van der Waals surface area contributed by atoms with Crippen molar-refractivity contribution in [2.75, 3.05) is 14.2 Å². The molecule has 0 N–H and O–H groups in total. The van der Waals surface area contributed by atoms with Crippen LogP contribution in [0.3, 0.4) is 0 Å². The minimum absolute atomic E-state index is 0.0863. The standard InChI is InChI=1S/C21H21F3N2O4/c1-12-13(21(22,23)24)9-10-14-16(12)17(26-11-7-6-8-15(26)27)18(20(2,3)30-14)25(4)19(28)29-5/h6-11H,1-5H3. The Hall–Kier alpha value is -3.23. The molecule has 0 spiro atoms. The number of benzene rings is 1. The van der Waals surface area contributed by atoms with Crippen LogP contribution in [0.1, 0.15) is 30.5 Å². The SMILES string of the molecule is COC(=O)N(C)C1=C(n2ccccc2=O)c2c(ccc(C(F)(F)F)c2C)OC1(C)C. The van der Waals surface area contributed by atoms with Crippen LogP contribution in [0.15, 0.2) is 47.0 Å². The van der Waals surface area contributed by atoms with Gasteiger partial charge in [0.05, 0.1) is 24.1 Å². The average molecular weight is 422 g/mol. The van der Waals surface area contributed by atoms with E-state index in [9.17, 15) is 22.8 Å². The maximum atomic E-state index is 13.6. The molecule has 2 aromatic rings. The zero-order chi connectivity index (χ0) is 22.4. The first-order valence-corrected chi connectivity index (χ1v) is 9.05. The van der Waals surface area contributed by atoms with Gasteiger partial charge >= 0.3 is 12.3 Å². The van der Waals surface area contributed by atoms with Crippen LogP contribution in [0, 0.1) is 6.92 Å². The Kier molecular flexibility index (Phi) is 5.17. The summed E-state index contributed by atoms with van der Waals surface area (Å²) in [5.41, 5.74) is -2.19. The number of rotatable bonds is 2. The molecule has 9 heteroatoms. The summed E-state index contributed by atoms with van der Waals surface area (Å²) in [7, 11) is 2.60. The smallest absolute Gasteiger partial charge is 0.416 e. The third-order valence-corrected chi connectivity index (χ3v) is 4.98. The molecular weight excluding hydrogens is 401 g/mol. The number of carbonyl (C=O) groups is 1. The molecule has 1 aromatic heterocycles. The van der Waals surface area contributed by atoms with E-state index in [-0.39, 0.29) is 28.3 Å². The van der Waals surface area contributed by atoms with Gasteiger partial charge in [0.2, 0.25) is 0 Å². The minimum Gasteiger partial charge on any atom is -0.481 e. The molecule has 0 atom stereocenters. The molecule has 1 amide bonds. The Morgan fingerprint density at radius 3 is 2.43 bits per heavy atom. The second kappa shape index (κ2) is 7.23. The summed E-state index contributed by atoms with van der Waals surface area (Å²) in [6, 6.07) is 6.57. The molecule has 1 aromatic carbocycles. The number of ether oxygens (including phenoxy) is 2. The Morgan fingerprint density at radius 1 is 1.20 bits per heavy atom. The predicted octanol–water partition coefficient (Wildman–Crippen LogP) is 4.26. The summed E-state index contributed by atoms with van der Waals surface area (Å²) in [6.07, 6.45) is -3.92. The van der Waals surface area contributed by atoms with Crippen molar-refractivity contribution in [1.29, 1.82) is 0 Å². The number of nitrogens with zero attached hydrogens (tertiary/aromatic N) is 2. The first-order valence-electron chi connectivity index (χ1n) is 9.05. The van der Waals surface area contributed by atoms with E-state index >= 15 is 0 Å². The van der Waals surface area contributed by atoms with Gasteiger partial charge in [-0.15, -0.1) is 0 Å². The summed E-state index contributed by atoms with van der Waals surface area (Å²) in [6.45, 7) is 4.63. The van der Waals surface area contributed by atoms with Gasteiger partial charge in [-0.3, -0.25) is 14.3 Å². The van der Waals surface area contributed by atoms with Gasteiger partial charge in [-0.05, 0) is 44.5 Å². The lowest BCUT2D eigenvalue weighted by Gasteiger charge is -2.41. The fourth-order valence-corrected chi connectivity index (χ4v) is 3.74. The van der Waals surface area contributed by atoms with Crippen LogP contribution >= 0.6 is 0 Å². The molecule has 0 fully saturated rings. The molecule has 30 heavy (non-hydrogen) atoms. The van der Waals surface area contributed by atoms with E-state index in [1.54, 1.807) is 19.9 Å². The van der Waals surface area contributed by atoms with E-state index < -0.39 is 29.0 Å². The molecular formula is C21H21F3N2O4. The zero-order valence-electron chi connectivity index (χ0n) is 17.1. The van der Waals surface area contributed by atoms with Crippen LogP contribution in [0.25, 0.3) is 5.70 Å². The van der Waals surface area contributed by atoms with Crippen molar-refractivity contribution in [2.24, 2.45) is 0 Å². The van der Waals surface area contributed by atoms with Crippen LogP contribution < -0.4 is 10.3 Å². The van der Waals surface area contributed by atoms with Crippen LogP contribution in [-0.4, -0.2) is 35.3 Å². The molecule has 0 radical (unpaired) electrons. The highest BCUT2D eigenvalue weighted by Crippen LogP contribution is 2.46. The maximum absolute atomic E-state index is 13.6. The lowest BCUT2D eigenvalue weighted by Crippen LogP contribution is -2.46. The van der Waals surface area contributed by atoms with Crippen LogP contribution in [-0.2, 0) is 10.9 Å². The summed E-state index contributed by atoms with van der Waals surface area (Å²) >= 11 is 0. The second-order valence-corrected chi connectivity index (χ2v) is 7.36. The molecule has 1 aliphatic heterocycles. The lowest BCUT2D eigenvalue weighted by molar-refractivity contribution is -0.138. The Morgan fingerprint density at radius 2 is 1.87 bits per heavy atom. The van der Waals surface area contributed by atoms with Crippen LogP contribution in [0.5, 0.6) is 5.75 Å². The summed E-state index contributed by atoms with van der Waals surface area (Å²) < 4.78 is 52.8. The number of likely N-dealkylation sites (N-methyl/N-ethyl adjacent to an activating group) is 1. The van der Waals surface area contributed by atoms with Gasteiger partial charge in [0, 0.05) is 24.9 Å². The second-order valence-electron chi connectivity index (χ2n) is 7.36. The maximum Gasteiger partial charge on any atom is 0.416 e. The Bertz CT molecular complexity index is 1100. The number of aromatic nitrogens is 1. The van der Waals surface area contributed by atoms with Crippen molar-refractivity contribution < 1.29 is 27.4 Å². The molecule has 0 aliphatic carbocycles. The number of fused-ring (bicyclic) bond motifs is 1. The number of alkyl halides is 3. The molecule has 0 unspecified atom stereocenters. The number of pyridine rings is 1. The van der Waals surface area contributed by atoms with Crippen molar-refractivity contribution in [3.05, 3.63) is 69.3 Å². The number of halogens is 3. The highest BCUT2D eigenvalue weighted by Gasteiger charge is 2.43. The van der Waals surface area contributed by atoms with E-state index in [0.29, 0.717) is 0 Å². The van der Waals surface area contributed by atoms with Crippen LogP contribution in [0.4, 0.5) is 18.0 Å². The molecule has 1 aliphatic rings. The largest absolute Gasteiger partial charge is 0.481 e. The topological polar surface area (TPSA) is 60.8 Å². The summed E-state index contributed by atoms with van der Waals surface area (Å²) in [5.74, 6) is 0.179. The number of hydrogen-bond acceptors (Lipinski definition) is 4. The molecule has 0 saturated carbocycles. The van der Waals surface area contributed by atoms with Crippen molar-refractivity contribution in [1.82, 2.24) is 9.47 Å². The third kappa shape index (κ3) is 3.44. The predicted molar refractivity (Wildman–Crippen MR) is 104 cm³/mol. The average Bonchev–Trinajstić information content (AvgIpc) is 2.64. The van der Waals surface area contributed by atoms with Gasteiger partial charge < -0.3 is 9.47 Å². The van der Waals surface area contributed by atoms with E-state index in [0.717, 1.165) is 11.0 Å². The first kappa shape index (κ1) is 21.5. The first-order chi connectivity index (χ1) is 13.9. The fraction of sp³-hybridized carbons (Fsp3) is 0.333. The van der Waals surface area contributed by atoms with Crippen LogP contribution in [0.2, 0.25) is 0 Å². The number of methoxy groups -OCH3 is 1. The van der Waals surface area contributed by atoms with E-state index in [1.165, 1.54) is 50.0 Å². The van der Waals surface area contributed by atoms with Crippen molar-refractivity contribution in [2.45, 2.75) is 32.5 Å². The quantitative estimate of drug-likeness (QED) is 0.726. The number of hydrogen-bond donors (Lipinski definition) is 0. The van der Waals surface area contributed by atoms with Crippen molar-refractivity contribution in [3.63, 3.8) is 0 Å². The van der Waals surface area contributed by atoms with Gasteiger partial charge in [0.25, 0.3) is 5.56 Å². The van der Waals surface area contributed by atoms with Gasteiger partial charge in [-0.2, -0.15) is 13.2 Å². The minimum atomic E-state index is -4.60. The third-order valence-electron chi connectivity index (χ3n) is 4.98. The van der Waals surface area contributed by atoms with Crippen molar-refractivity contribution >= 4 is 11.8 Å². The molecule has 0 bridgehead atoms. The highest BCUT2D eigenvalue weighted by atomic mass is 19.4. The zero-order valence-corrected chi connectivity index (χ0v) is 17.1. The Balaban J connectivity index is 2.51. The van der Waals surface area contributed by atoms with E-state index in [4.69, 9.17) is 9.47 Å². The number of amides is 1. The van der Waals surface area contributed by atoms with Gasteiger partial charge in [-0.25, -0.2) is 4.79 Å². The van der Waals surface area contributed by atoms with Gasteiger partial charge in [0.1, 0.15) is 11.4 Å².